The molecule has 0 radical (unpaired) electrons. The van der Waals surface area contributed by atoms with E-state index >= 15 is 0 Å². The third-order valence-electron chi connectivity index (χ3n) is 5.51. The van der Waals surface area contributed by atoms with Gasteiger partial charge in [-0.05, 0) is 50.1 Å². The molecule has 0 aliphatic rings. The summed E-state index contributed by atoms with van der Waals surface area (Å²) in [4.78, 5) is 13.7. The maximum absolute atomic E-state index is 4.66. The van der Waals surface area contributed by atoms with Crippen molar-refractivity contribution in [2.24, 2.45) is 0 Å². The van der Waals surface area contributed by atoms with E-state index in [9.17, 15) is 0 Å². The second-order valence-electron chi connectivity index (χ2n) is 7.80. The first-order valence-corrected chi connectivity index (χ1v) is 11.6. The molecule has 2 aromatic carbocycles. The van der Waals surface area contributed by atoms with Crippen molar-refractivity contribution in [3.63, 3.8) is 0 Å². The lowest BCUT2D eigenvalue weighted by atomic mass is 10.0. The highest BCUT2D eigenvalue weighted by Gasteiger charge is 2.11. The van der Waals surface area contributed by atoms with Crippen LogP contribution in [0.25, 0.3) is 32.6 Å². The number of aromatic nitrogens is 5. The third-order valence-corrected chi connectivity index (χ3v) is 6.30. The van der Waals surface area contributed by atoms with Gasteiger partial charge in [-0.25, -0.2) is 15.0 Å². The van der Waals surface area contributed by atoms with E-state index in [2.05, 4.69) is 81.8 Å². The number of hydrogen-bond acceptors (Lipinski definition) is 6. The van der Waals surface area contributed by atoms with Crippen LogP contribution in [0.1, 0.15) is 31.3 Å². The van der Waals surface area contributed by atoms with Crippen LogP contribution in [-0.4, -0.2) is 24.7 Å². The molecule has 0 fully saturated rings. The molecule has 160 valence electrons. The van der Waals surface area contributed by atoms with Crippen LogP contribution in [-0.2, 0) is 6.54 Å². The topological polar surface area (TPSA) is 68.5 Å². The van der Waals surface area contributed by atoms with Gasteiger partial charge < -0.3 is 5.32 Å². The van der Waals surface area contributed by atoms with Crippen molar-refractivity contribution in [1.82, 2.24) is 24.7 Å². The first-order valence-electron chi connectivity index (χ1n) is 10.7. The molecule has 0 saturated carbocycles. The molecule has 0 aliphatic heterocycles. The molecule has 0 saturated heterocycles. The van der Waals surface area contributed by atoms with E-state index in [1.807, 2.05) is 35.4 Å². The second kappa shape index (κ2) is 8.51. The van der Waals surface area contributed by atoms with Crippen molar-refractivity contribution in [2.75, 3.05) is 5.32 Å². The summed E-state index contributed by atoms with van der Waals surface area (Å²) in [6.45, 7) is 7.03. The van der Waals surface area contributed by atoms with Gasteiger partial charge in [0.1, 0.15) is 11.6 Å². The largest absolute Gasteiger partial charge is 0.363 e. The van der Waals surface area contributed by atoms with Gasteiger partial charge in [0.2, 0.25) is 0 Å². The van der Waals surface area contributed by atoms with Crippen LogP contribution in [0.5, 0.6) is 0 Å². The Morgan fingerprint density at radius 3 is 2.78 bits per heavy atom. The average molecular weight is 441 g/mol. The summed E-state index contributed by atoms with van der Waals surface area (Å²) in [6.07, 6.45) is 4.00. The van der Waals surface area contributed by atoms with Crippen molar-refractivity contribution >= 4 is 27.4 Å². The number of benzene rings is 2. The van der Waals surface area contributed by atoms with Gasteiger partial charge in [-0.1, -0.05) is 24.3 Å². The van der Waals surface area contributed by atoms with Crippen LogP contribution >= 0.6 is 11.3 Å². The van der Waals surface area contributed by atoms with Gasteiger partial charge in [-0.3, -0.25) is 4.68 Å². The molecule has 6 nitrogen and oxygen atoms in total. The predicted octanol–water partition coefficient (Wildman–Crippen LogP) is 6.12. The van der Waals surface area contributed by atoms with Gasteiger partial charge in [-0.15, -0.1) is 11.3 Å². The molecule has 3 heterocycles. The summed E-state index contributed by atoms with van der Waals surface area (Å²) in [5.74, 6) is 1.55. The molecule has 7 heteroatoms. The number of rotatable bonds is 6. The molecule has 3 aromatic heterocycles. The Morgan fingerprint density at radius 1 is 1.03 bits per heavy atom. The number of nitrogens with one attached hydrogen (secondary N) is 1. The molecule has 5 aromatic rings. The fourth-order valence-electron chi connectivity index (χ4n) is 3.78. The highest BCUT2D eigenvalue weighted by atomic mass is 32.1. The lowest BCUT2D eigenvalue weighted by Gasteiger charge is -2.17. The number of hydrogen-bond donors (Lipinski definition) is 1. The first-order chi connectivity index (χ1) is 15.6. The highest BCUT2D eigenvalue weighted by molar-refractivity contribution is 7.16. The quantitative estimate of drug-likeness (QED) is 0.345. The van der Waals surface area contributed by atoms with Crippen molar-refractivity contribution in [1.29, 1.82) is 0 Å². The number of nitrogens with zero attached hydrogens (tertiary/aromatic N) is 5. The molecule has 5 rings (SSSR count). The van der Waals surface area contributed by atoms with Gasteiger partial charge in [0.15, 0.2) is 0 Å². The summed E-state index contributed by atoms with van der Waals surface area (Å²) in [6, 6.07) is 16.9. The monoisotopic (exact) mass is 440 g/mol. The maximum atomic E-state index is 4.66. The van der Waals surface area contributed by atoms with Crippen LogP contribution in [0.2, 0.25) is 0 Å². The van der Waals surface area contributed by atoms with Crippen molar-refractivity contribution in [3.05, 3.63) is 77.8 Å². The summed E-state index contributed by atoms with van der Waals surface area (Å²) < 4.78 is 3.10. The van der Waals surface area contributed by atoms with Crippen molar-refractivity contribution in [3.8, 4) is 22.4 Å². The smallest absolute Gasteiger partial charge is 0.130 e. The minimum absolute atomic E-state index is 0.0855. The Balaban J connectivity index is 1.41. The second-order valence-corrected chi connectivity index (χ2v) is 8.68. The maximum Gasteiger partial charge on any atom is 0.130 e. The lowest BCUT2D eigenvalue weighted by molar-refractivity contribution is 0.660. The van der Waals surface area contributed by atoms with E-state index in [0.29, 0.717) is 0 Å². The van der Waals surface area contributed by atoms with Crippen LogP contribution in [0, 0.1) is 6.92 Å². The molecule has 0 bridgehead atoms. The first kappa shape index (κ1) is 20.3. The standard InChI is InChI=1S/C25H24N6S/c1-4-31-14-21(13-27-31)19-7-5-6-18(10-19)16(2)28-25-12-23(29-17(3)30-25)20-8-9-22-24(11-20)32-15-26-22/h5-16H,4H2,1-3H3,(H,28,29,30). The Bertz CT molecular complexity index is 1390. The van der Waals surface area contributed by atoms with Crippen LogP contribution in [0.4, 0.5) is 5.82 Å². The third kappa shape index (κ3) is 4.11. The fraction of sp³-hybridized carbons (Fsp3) is 0.200. The zero-order valence-electron chi connectivity index (χ0n) is 18.3. The molecular weight excluding hydrogens is 416 g/mol. The zero-order chi connectivity index (χ0) is 22.1. The summed E-state index contributed by atoms with van der Waals surface area (Å²) in [7, 11) is 0. The lowest BCUT2D eigenvalue weighted by Crippen LogP contribution is -2.09. The molecule has 0 spiro atoms. The zero-order valence-corrected chi connectivity index (χ0v) is 19.1. The molecule has 1 atom stereocenters. The molecule has 0 aliphatic carbocycles. The highest BCUT2D eigenvalue weighted by Crippen LogP contribution is 2.28. The molecule has 1 N–H and O–H groups in total. The van der Waals surface area contributed by atoms with E-state index in [0.717, 1.165) is 50.8 Å². The number of anilines is 1. The Labute approximate surface area is 191 Å². The average Bonchev–Trinajstić information content (AvgIpc) is 3.47. The number of thiazole rings is 1. The van der Waals surface area contributed by atoms with E-state index < -0.39 is 0 Å². The Morgan fingerprint density at radius 2 is 1.94 bits per heavy atom. The molecule has 0 amide bonds. The van der Waals surface area contributed by atoms with Crippen LogP contribution in [0.15, 0.2) is 66.4 Å². The predicted molar refractivity (Wildman–Crippen MR) is 131 cm³/mol. The van der Waals surface area contributed by atoms with Gasteiger partial charge in [-0.2, -0.15) is 5.10 Å². The fourth-order valence-corrected chi connectivity index (χ4v) is 4.50. The summed E-state index contributed by atoms with van der Waals surface area (Å²) in [5.41, 5.74) is 8.33. The van der Waals surface area contributed by atoms with Gasteiger partial charge in [0.05, 0.1) is 27.6 Å². The van der Waals surface area contributed by atoms with Crippen LogP contribution < -0.4 is 5.32 Å². The Hall–Kier alpha value is -3.58. The summed E-state index contributed by atoms with van der Waals surface area (Å²) >= 11 is 1.64. The molecule has 32 heavy (non-hydrogen) atoms. The van der Waals surface area contributed by atoms with E-state index in [-0.39, 0.29) is 6.04 Å². The number of fused-ring (bicyclic) bond motifs is 1. The Kier molecular flexibility index (Phi) is 5.41. The van der Waals surface area contributed by atoms with Crippen LogP contribution in [0.3, 0.4) is 0 Å². The van der Waals surface area contributed by atoms with E-state index in [4.69, 9.17) is 0 Å². The molecule has 1 unspecified atom stereocenters. The van der Waals surface area contributed by atoms with Crippen molar-refractivity contribution < 1.29 is 0 Å². The van der Waals surface area contributed by atoms with Gasteiger partial charge >= 0.3 is 0 Å². The minimum Gasteiger partial charge on any atom is -0.363 e. The van der Waals surface area contributed by atoms with E-state index in [1.54, 1.807) is 11.3 Å². The van der Waals surface area contributed by atoms with Gasteiger partial charge in [0, 0.05) is 36.0 Å². The normalized spacial score (nSPS) is 12.2. The number of aryl methyl sites for hydroxylation is 2. The van der Waals surface area contributed by atoms with Gasteiger partial charge in [0.25, 0.3) is 0 Å². The van der Waals surface area contributed by atoms with Crippen molar-refractivity contribution in [2.45, 2.75) is 33.4 Å². The molecular formula is C25H24N6S. The van der Waals surface area contributed by atoms with E-state index in [1.165, 1.54) is 5.56 Å². The summed E-state index contributed by atoms with van der Waals surface area (Å²) in [5, 5.41) is 7.95. The minimum atomic E-state index is 0.0855. The SMILES string of the molecule is CCn1cc(-c2cccc(C(C)Nc3cc(-c4ccc5ncsc5c4)nc(C)n3)c2)cn1.